The van der Waals surface area contributed by atoms with Crippen molar-refractivity contribution < 1.29 is 26.3 Å². The maximum atomic E-state index is 13.3. The largest absolute Gasteiger partial charge is 0.495 e. The molecule has 0 fully saturated rings. The van der Waals surface area contributed by atoms with E-state index in [2.05, 4.69) is 9.71 Å². The zero-order valence-electron chi connectivity index (χ0n) is 14.9. The fourth-order valence-electron chi connectivity index (χ4n) is 2.70. The molecule has 29 heavy (non-hydrogen) atoms. The number of hydrogen-bond donors (Lipinski definition) is 1. The summed E-state index contributed by atoms with van der Waals surface area (Å²) < 4.78 is 72.7. The van der Waals surface area contributed by atoms with Gasteiger partial charge < -0.3 is 4.74 Å². The number of anilines is 1. The van der Waals surface area contributed by atoms with Gasteiger partial charge in [-0.3, -0.25) is 9.71 Å². The molecule has 0 saturated heterocycles. The van der Waals surface area contributed by atoms with Gasteiger partial charge >= 0.3 is 6.18 Å². The van der Waals surface area contributed by atoms with Gasteiger partial charge in [-0.05, 0) is 35.9 Å². The fourth-order valence-corrected chi connectivity index (χ4v) is 4.16. The highest BCUT2D eigenvalue weighted by Crippen LogP contribution is 2.37. The zero-order valence-corrected chi connectivity index (χ0v) is 16.4. The Balaban J connectivity index is 2.01. The monoisotopic (exact) mass is 442 g/mol. The third kappa shape index (κ3) is 4.63. The van der Waals surface area contributed by atoms with Crippen molar-refractivity contribution in [2.75, 3.05) is 11.8 Å². The topological polar surface area (TPSA) is 68.3 Å². The van der Waals surface area contributed by atoms with Gasteiger partial charge in [0.2, 0.25) is 0 Å². The number of alkyl halides is 3. The van der Waals surface area contributed by atoms with Crippen LogP contribution in [-0.4, -0.2) is 20.5 Å². The molecule has 5 nitrogen and oxygen atoms in total. The average Bonchev–Trinajstić information content (AvgIpc) is 2.67. The first-order valence-corrected chi connectivity index (χ1v) is 9.96. The van der Waals surface area contributed by atoms with Gasteiger partial charge in [-0.15, -0.1) is 0 Å². The second-order valence-electron chi connectivity index (χ2n) is 5.91. The van der Waals surface area contributed by atoms with Crippen LogP contribution in [0.1, 0.15) is 5.56 Å². The second-order valence-corrected chi connectivity index (χ2v) is 7.99. The van der Waals surface area contributed by atoms with Gasteiger partial charge in [0, 0.05) is 16.8 Å². The number of ether oxygens (including phenoxy) is 1. The van der Waals surface area contributed by atoms with E-state index in [0.717, 1.165) is 6.07 Å². The van der Waals surface area contributed by atoms with Crippen LogP contribution in [-0.2, 0) is 16.2 Å². The summed E-state index contributed by atoms with van der Waals surface area (Å²) in [5.41, 5.74) is -0.870. The molecule has 0 aliphatic carbocycles. The number of sulfonamides is 1. The lowest BCUT2D eigenvalue weighted by atomic mass is 10.0. The van der Waals surface area contributed by atoms with Gasteiger partial charge in [0.25, 0.3) is 10.0 Å². The molecule has 0 aliphatic rings. The number of nitrogens with one attached hydrogen (secondary N) is 1. The van der Waals surface area contributed by atoms with Crippen LogP contribution < -0.4 is 9.46 Å². The maximum Gasteiger partial charge on any atom is 0.417 e. The molecular weight excluding hydrogens is 429 g/mol. The number of pyridine rings is 1. The molecule has 0 aliphatic heterocycles. The quantitative estimate of drug-likeness (QED) is 0.587. The summed E-state index contributed by atoms with van der Waals surface area (Å²) in [7, 11) is -2.83. The Labute approximate surface area is 170 Å². The van der Waals surface area contributed by atoms with Crippen molar-refractivity contribution in [3.63, 3.8) is 0 Å². The lowest BCUT2D eigenvalue weighted by molar-refractivity contribution is -0.137. The molecule has 3 rings (SSSR count). The van der Waals surface area contributed by atoms with Crippen LogP contribution in [0.15, 0.2) is 65.8 Å². The van der Waals surface area contributed by atoms with Crippen molar-refractivity contribution in [2.24, 2.45) is 0 Å². The highest BCUT2D eigenvalue weighted by atomic mass is 35.5. The third-order valence-electron chi connectivity index (χ3n) is 3.95. The van der Waals surface area contributed by atoms with E-state index in [1.54, 1.807) is 0 Å². The molecule has 1 N–H and O–H groups in total. The summed E-state index contributed by atoms with van der Waals surface area (Å²) in [6, 6.07) is 10.3. The van der Waals surface area contributed by atoms with Crippen LogP contribution in [0.5, 0.6) is 5.75 Å². The van der Waals surface area contributed by atoms with E-state index in [9.17, 15) is 21.6 Å². The SMILES string of the molecule is COc1ccc(Cl)cc1S(=O)(=O)Nc1cncc(-c2ccccc2C(F)(F)F)c1. The van der Waals surface area contributed by atoms with Crippen LogP contribution in [0.25, 0.3) is 11.1 Å². The van der Waals surface area contributed by atoms with Gasteiger partial charge in [0.1, 0.15) is 10.6 Å². The summed E-state index contributed by atoms with van der Waals surface area (Å²) >= 11 is 5.88. The molecule has 152 valence electrons. The van der Waals surface area contributed by atoms with Crippen LogP contribution in [0, 0.1) is 0 Å². The molecule has 2 aromatic carbocycles. The second kappa shape index (κ2) is 7.92. The standard InChI is InChI=1S/C19H14ClF3N2O3S/c1-28-17-7-6-13(20)9-18(17)29(26,27)25-14-8-12(10-24-11-14)15-4-2-3-5-16(15)19(21,22)23/h2-11,25H,1H3. The minimum Gasteiger partial charge on any atom is -0.495 e. The maximum absolute atomic E-state index is 13.3. The Morgan fingerprint density at radius 3 is 2.48 bits per heavy atom. The van der Waals surface area contributed by atoms with Gasteiger partial charge in [-0.2, -0.15) is 13.2 Å². The number of hydrogen-bond acceptors (Lipinski definition) is 4. The molecule has 3 aromatic rings. The van der Waals surface area contributed by atoms with E-state index in [1.807, 2.05) is 0 Å². The van der Waals surface area contributed by atoms with Crippen molar-refractivity contribution in [1.82, 2.24) is 4.98 Å². The van der Waals surface area contributed by atoms with Crippen molar-refractivity contribution in [2.45, 2.75) is 11.1 Å². The molecule has 10 heteroatoms. The van der Waals surface area contributed by atoms with Crippen LogP contribution in [0.4, 0.5) is 18.9 Å². The molecule has 0 bridgehead atoms. The first kappa shape index (κ1) is 20.9. The van der Waals surface area contributed by atoms with Gasteiger partial charge in [0.05, 0.1) is 24.6 Å². The molecule has 0 saturated carbocycles. The molecule has 0 atom stereocenters. The number of nitrogens with zero attached hydrogens (tertiary/aromatic N) is 1. The average molecular weight is 443 g/mol. The molecule has 0 unspecified atom stereocenters. The summed E-state index contributed by atoms with van der Waals surface area (Å²) in [6.07, 6.45) is -2.16. The van der Waals surface area contributed by atoms with Crippen molar-refractivity contribution in [1.29, 1.82) is 0 Å². The van der Waals surface area contributed by atoms with E-state index in [4.69, 9.17) is 16.3 Å². The van der Waals surface area contributed by atoms with Gasteiger partial charge in [-0.1, -0.05) is 29.8 Å². The summed E-state index contributed by atoms with van der Waals surface area (Å²) in [5.74, 6) is 0.0634. The highest BCUT2D eigenvalue weighted by molar-refractivity contribution is 7.92. The minimum absolute atomic E-state index is 0.0125. The lowest BCUT2D eigenvalue weighted by Gasteiger charge is -2.14. The van der Waals surface area contributed by atoms with Crippen LogP contribution in [0.3, 0.4) is 0 Å². The summed E-state index contributed by atoms with van der Waals surface area (Å²) in [5, 5.41) is 0.178. The molecule has 0 spiro atoms. The zero-order chi connectivity index (χ0) is 21.2. The molecule has 1 heterocycles. The molecule has 1 aromatic heterocycles. The Morgan fingerprint density at radius 2 is 1.79 bits per heavy atom. The first-order valence-electron chi connectivity index (χ1n) is 8.10. The van der Waals surface area contributed by atoms with Crippen molar-refractivity contribution >= 4 is 27.3 Å². The fraction of sp³-hybridized carbons (Fsp3) is 0.105. The Bertz CT molecular complexity index is 1150. The number of methoxy groups -OCH3 is 1. The van der Waals surface area contributed by atoms with E-state index in [1.165, 1.54) is 62.0 Å². The van der Waals surface area contributed by atoms with E-state index >= 15 is 0 Å². The van der Waals surface area contributed by atoms with Gasteiger partial charge in [0.15, 0.2) is 0 Å². The Kier molecular flexibility index (Phi) is 5.72. The number of benzene rings is 2. The van der Waals surface area contributed by atoms with Crippen molar-refractivity contribution in [3.05, 3.63) is 71.5 Å². The molecular formula is C19H14ClF3N2O3S. The first-order chi connectivity index (χ1) is 13.6. The predicted molar refractivity (Wildman–Crippen MR) is 103 cm³/mol. The minimum atomic E-state index is -4.57. The smallest absolute Gasteiger partial charge is 0.417 e. The van der Waals surface area contributed by atoms with Crippen LogP contribution >= 0.6 is 11.6 Å². The Hall–Kier alpha value is -2.78. The predicted octanol–water partition coefficient (Wildman–Crippen LogP) is 5.23. The highest BCUT2D eigenvalue weighted by Gasteiger charge is 2.33. The third-order valence-corrected chi connectivity index (χ3v) is 5.59. The van der Waals surface area contributed by atoms with E-state index in [-0.39, 0.29) is 32.5 Å². The molecule has 0 amide bonds. The number of aromatic nitrogens is 1. The normalized spacial score (nSPS) is 11.9. The lowest BCUT2D eigenvalue weighted by Crippen LogP contribution is -2.14. The van der Waals surface area contributed by atoms with Crippen molar-refractivity contribution in [3.8, 4) is 16.9 Å². The number of halogens is 4. The van der Waals surface area contributed by atoms with E-state index in [0.29, 0.717) is 0 Å². The van der Waals surface area contributed by atoms with Crippen LogP contribution in [0.2, 0.25) is 5.02 Å². The summed E-state index contributed by atoms with van der Waals surface area (Å²) in [4.78, 5) is 3.66. The Morgan fingerprint density at radius 1 is 1.07 bits per heavy atom. The molecule has 0 radical (unpaired) electrons. The summed E-state index contributed by atoms with van der Waals surface area (Å²) in [6.45, 7) is 0. The number of rotatable bonds is 5. The van der Waals surface area contributed by atoms with Gasteiger partial charge in [-0.25, -0.2) is 8.42 Å². The van der Waals surface area contributed by atoms with E-state index < -0.39 is 21.8 Å².